The molecule has 168 valence electrons. The fourth-order valence-electron chi connectivity index (χ4n) is 5.19. The number of hydrogen-bond donors (Lipinski definition) is 1. The molecule has 3 aromatic rings. The van der Waals surface area contributed by atoms with Crippen molar-refractivity contribution in [3.8, 4) is 0 Å². The molecule has 0 atom stereocenters. The van der Waals surface area contributed by atoms with Gasteiger partial charge in [-0.3, -0.25) is 14.5 Å². The van der Waals surface area contributed by atoms with Gasteiger partial charge in [0.1, 0.15) is 10.7 Å². The number of likely N-dealkylation sites (tertiary alicyclic amines) is 1. The average Bonchev–Trinajstić information content (AvgIpc) is 3.40. The molecule has 6 nitrogen and oxygen atoms in total. The summed E-state index contributed by atoms with van der Waals surface area (Å²) in [6, 6.07) is 9.92. The van der Waals surface area contributed by atoms with E-state index in [1.807, 2.05) is 35.2 Å². The van der Waals surface area contributed by atoms with Gasteiger partial charge in [-0.2, -0.15) is 0 Å². The lowest BCUT2D eigenvalue weighted by Gasteiger charge is -2.38. The Hall–Kier alpha value is -2.51. The van der Waals surface area contributed by atoms with Crippen molar-refractivity contribution in [1.29, 1.82) is 0 Å². The first-order valence-electron chi connectivity index (χ1n) is 11.8. The number of rotatable bonds is 6. The number of amides is 1. The lowest BCUT2D eigenvalue weighted by atomic mass is 10.0. The first kappa shape index (κ1) is 21.3. The highest BCUT2D eigenvalue weighted by atomic mass is 32.1. The van der Waals surface area contributed by atoms with Gasteiger partial charge in [-0.1, -0.05) is 25.1 Å². The Morgan fingerprint density at radius 1 is 1.22 bits per heavy atom. The number of thiophene rings is 1. The number of carbonyl (C=O) groups excluding carboxylic acids is 1. The Kier molecular flexibility index (Phi) is 6.11. The number of nitrogens with zero attached hydrogens (tertiary/aromatic N) is 3. The maximum atomic E-state index is 12.8. The van der Waals surface area contributed by atoms with Crippen LogP contribution in [0.1, 0.15) is 59.2 Å². The zero-order chi connectivity index (χ0) is 22.1. The summed E-state index contributed by atoms with van der Waals surface area (Å²) in [6.07, 6.45) is 6.16. The van der Waals surface area contributed by atoms with Gasteiger partial charge in [0.15, 0.2) is 0 Å². The molecule has 5 rings (SSSR count). The molecule has 0 unspecified atom stereocenters. The van der Waals surface area contributed by atoms with E-state index in [0.717, 1.165) is 79.8 Å². The van der Waals surface area contributed by atoms with Gasteiger partial charge < -0.3 is 9.88 Å². The molecular weight excluding hydrogens is 420 g/mol. The van der Waals surface area contributed by atoms with Crippen LogP contribution in [0.25, 0.3) is 10.2 Å². The topological polar surface area (TPSA) is 69.3 Å². The molecule has 1 amide bonds. The van der Waals surface area contributed by atoms with E-state index < -0.39 is 0 Å². The molecule has 1 aromatic carbocycles. The molecule has 32 heavy (non-hydrogen) atoms. The van der Waals surface area contributed by atoms with E-state index in [1.54, 1.807) is 11.3 Å². The van der Waals surface area contributed by atoms with Gasteiger partial charge >= 0.3 is 0 Å². The number of fused-ring (bicyclic) bond motifs is 3. The molecule has 2 aliphatic rings. The van der Waals surface area contributed by atoms with Crippen LogP contribution < -0.4 is 5.56 Å². The molecule has 0 saturated carbocycles. The minimum absolute atomic E-state index is 0.0177. The number of hydrogen-bond acceptors (Lipinski definition) is 5. The van der Waals surface area contributed by atoms with Crippen molar-refractivity contribution >= 4 is 27.5 Å². The molecule has 1 N–H and O–H groups in total. The van der Waals surface area contributed by atoms with Crippen LogP contribution >= 0.6 is 11.3 Å². The molecule has 2 aromatic heterocycles. The minimum atomic E-state index is 0.0177. The first-order valence-corrected chi connectivity index (χ1v) is 12.6. The zero-order valence-corrected chi connectivity index (χ0v) is 19.4. The predicted octanol–water partition coefficient (Wildman–Crippen LogP) is 3.99. The summed E-state index contributed by atoms with van der Waals surface area (Å²) in [7, 11) is 0. The summed E-state index contributed by atoms with van der Waals surface area (Å²) in [5.74, 6) is 0.881. The van der Waals surface area contributed by atoms with E-state index >= 15 is 0 Å². The average molecular weight is 451 g/mol. The number of nitrogens with one attached hydrogen (secondary N) is 1. The smallest absolute Gasteiger partial charge is 0.259 e. The maximum Gasteiger partial charge on any atom is 0.259 e. The fourth-order valence-corrected chi connectivity index (χ4v) is 6.47. The summed E-state index contributed by atoms with van der Waals surface area (Å²) in [5, 5.41) is 0.820. The molecule has 0 radical (unpaired) electrons. The second-order valence-electron chi connectivity index (χ2n) is 8.91. The Bertz CT molecular complexity index is 1160. The SMILES string of the molecule is CCCN(Cc1nc2sc3c(c2c(=O)[nH]1)CCC3)C1CCN(C(=O)c2ccccc2)CC1. The van der Waals surface area contributed by atoms with Crippen molar-refractivity contribution in [1.82, 2.24) is 19.8 Å². The number of benzene rings is 1. The third-order valence-electron chi connectivity index (χ3n) is 6.78. The standard InChI is InChI=1S/C25H30N4O2S/c1-2-13-29(18-11-14-28(15-12-18)25(31)17-7-4-3-5-8-17)16-21-26-23(30)22-19-9-6-10-20(19)32-24(22)27-21/h3-5,7-8,18H,2,6,9-16H2,1H3,(H,26,27,30). The molecule has 0 bridgehead atoms. The van der Waals surface area contributed by atoms with Gasteiger partial charge in [0.25, 0.3) is 11.5 Å². The minimum Gasteiger partial charge on any atom is -0.339 e. The Morgan fingerprint density at radius 3 is 2.75 bits per heavy atom. The highest BCUT2D eigenvalue weighted by molar-refractivity contribution is 7.18. The number of aryl methyl sites for hydroxylation is 2. The maximum absolute atomic E-state index is 12.8. The van der Waals surface area contributed by atoms with Crippen LogP contribution in [0, 0.1) is 0 Å². The van der Waals surface area contributed by atoms with Crippen LogP contribution in [0.15, 0.2) is 35.1 Å². The third kappa shape index (κ3) is 4.11. The summed E-state index contributed by atoms with van der Waals surface area (Å²) in [5.41, 5.74) is 2.00. The number of aromatic nitrogens is 2. The van der Waals surface area contributed by atoms with Crippen LogP contribution in [0.3, 0.4) is 0 Å². The normalized spacial score (nSPS) is 16.8. The van der Waals surface area contributed by atoms with E-state index in [2.05, 4.69) is 16.8 Å². The molecule has 3 heterocycles. The highest BCUT2D eigenvalue weighted by Gasteiger charge is 2.28. The largest absolute Gasteiger partial charge is 0.339 e. The van der Waals surface area contributed by atoms with Crippen LogP contribution in [0.4, 0.5) is 0 Å². The van der Waals surface area contributed by atoms with E-state index in [1.165, 1.54) is 10.4 Å². The van der Waals surface area contributed by atoms with Gasteiger partial charge in [0.05, 0.1) is 11.9 Å². The summed E-state index contributed by atoms with van der Waals surface area (Å²) >= 11 is 1.70. The Balaban J connectivity index is 1.28. The molecular formula is C25H30N4O2S. The molecule has 0 spiro atoms. The Labute approximate surface area is 192 Å². The summed E-state index contributed by atoms with van der Waals surface area (Å²) in [6.45, 7) is 5.32. The van der Waals surface area contributed by atoms with Gasteiger partial charge in [0, 0.05) is 29.6 Å². The van der Waals surface area contributed by atoms with Crippen LogP contribution in [-0.2, 0) is 19.4 Å². The second kappa shape index (κ2) is 9.16. The van der Waals surface area contributed by atoms with Crippen LogP contribution in [-0.4, -0.2) is 51.4 Å². The summed E-state index contributed by atoms with van der Waals surface area (Å²) in [4.78, 5) is 40.2. The Morgan fingerprint density at radius 2 is 2.00 bits per heavy atom. The molecule has 7 heteroatoms. The molecule has 1 fully saturated rings. The van der Waals surface area contributed by atoms with Gasteiger partial charge in [-0.25, -0.2) is 4.98 Å². The lowest BCUT2D eigenvalue weighted by molar-refractivity contribution is 0.0603. The van der Waals surface area contributed by atoms with E-state index in [0.29, 0.717) is 12.6 Å². The molecule has 1 aliphatic carbocycles. The quantitative estimate of drug-likeness (QED) is 0.617. The fraction of sp³-hybridized carbons (Fsp3) is 0.480. The van der Waals surface area contributed by atoms with Crippen molar-refractivity contribution in [2.75, 3.05) is 19.6 Å². The van der Waals surface area contributed by atoms with Crippen LogP contribution in [0.5, 0.6) is 0 Å². The predicted molar refractivity (Wildman–Crippen MR) is 128 cm³/mol. The van der Waals surface area contributed by atoms with Gasteiger partial charge in [-0.05, 0) is 62.8 Å². The van der Waals surface area contributed by atoms with Crippen molar-refractivity contribution in [2.24, 2.45) is 0 Å². The van der Waals surface area contributed by atoms with Gasteiger partial charge in [0.2, 0.25) is 0 Å². The monoisotopic (exact) mass is 450 g/mol. The summed E-state index contributed by atoms with van der Waals surface area (Å²) < 4.78 is 0. The zero-order valence-electron chi connectivity index (χ0n) is 18.6. The van der Waals surface area contributed by atoms with Crippen LogP contribution in [0.2, 0.25) is 0 Å². The second-order valence-corrected chi connectivity index (χ2v) is 9.99. The van der Waals surface area contributed by atoms with E-state index in [-0.39, 0.29) is 11.5 Å². The molecule has 1 saturated heterocycles. The van der Waals surface area contributed by atoms with Crippen molar-refractivity contribution in [2.45, 2.75) is 58.0 Å². The number of carbonyl (C=O) groups is 1. The van der Waals surface area contributed by atoms with E-state index in [4.69, 9.17) is 4.98 Å². The third-order valence-corrected chi connectivity index (χ3v) is 7.96. The molecule has 1 aliphatic heterocycles. The van der Waals surface area contributed by atoms with Crippen molar-refractivity contribution in [3.05, 3.63) is 62.5 Å². The highest BCUT2D eigenvalue weighted by Crippen LogP contribution is 2.34. The number of piperidine rings is 1. The van der Waals surface area contributed by atoms with Gasteiger partial charge in [-0.15, -0.1) is 11.3 Å². The van der Waals surface area contributed by atoms with E-state index in [9.17, 15) is 9.59 Å². The lowest BCUT2D eigenvalue weighted by Crippen LogP contribution is -2.47. The van der Waals surface area contributed by atoms with Crippen molar-refractivity contribution in [3.63, 3.8) is 0 Å². The number of aromatic amines is 1. The van der Waals surface area contributed by atoms with Crippen molar-refractivity contribution < 1.29 is 4.79 Å². The first-order chi connectivity index (χ1) is 15.6. The number of H-pyrrole nitrogens is 1.